The van der Waals surface area contributed by atoms with Crippen molar-refractivity contribution >= 4 is 24.2 Å². The summed E-state index contributed by atoms with van der Waals surface area (Å²) >= 11 is 0. The van der Waals surface area contributed by atoms with Crippen LogP contribution in [0.1, 0.15) is 39.5 Å². The van der Waals surface area contributed by atoms with Gasteiger partial charge in [-0.15, -0.1) is 12.4 Å². The van der Waals surface area contributed by atoms with Gasteiger partial charge in [-0.05, 0) is 12.8 Å². The van der Waals surface area contributed by atoms with Crippen LogP contribution in [0.4, 0.5) is 0 Å². The molecule has 2 aliphatic rings. The Balaban J connectivity index is 0.00000220. The van der Waals surface area contributed by atoms with Crippen LogP contribution < -0.4 is 5.73 Å². The minimum absolute atomic E-state index is 0. The quantitative estimate of drug-likeness (QED) is 0.852. The van der Waals surface area contributed by atoms with Gasteiger partial charge in [0.15, 0.2) is 0 Å². The van der Waals surface area contributed by atoms with Gasteiger partial charge in [-0.1, -0.05) is 26.7 Å². The standard InChI is InChI=1S/C15H27N3O2.ClH/c1-12(2)13(19)17-7-9-18(10-8-17)14(20)15(11-16)5-3-4-6-15;/h12H,3-11,16H2,1-2H3;1H. The monoisotopic (exact) mass is 317 g/mol. The van der Waals surface area contributed by atoms with Crippen molar-refractivity contribution in [3.63, 3.8) is 0 Å². The van der Waals surface area contributed by atoms with Crippen molar-refractivity contribution < 1.29 is 9.59 Å². The molecule has 2 fully saturated rings. The molecule has 0 radical (unpaired) electrons. The van der Waals surface area contributed by atoms with Gasteiger partial charge >= 0.3 is 0 Å². The van der Waals surface area contributed by atoms with Gasteiger partial charge in [0, 0.05) is 38.6 Å². The highest BCUT2D eigenvalue weighted by Gasteiger charge is 2.43. The van der Waals surface area contributed by atoms with Gasteiger partial charge in [-0.25, -0.2) is 0 Å². The molecule has 2 rings (SSSR count). The number of nitrogens with two attached hydrogens (primary N) is 1. The molecule has 1 aliphatic heterocycles. The van der Waals surface area contributed by atoms with Gasteiger partial charge in [0.1, 0.15) is 0 Å². The van der Waals surface area contributed by atoms with E-state index in [0.717, 1.165) is 25.7 Å². The van der Waals surface area contributed by atoms with Crippen LogP contribution in [0.5, 0.6) is 0 Å². The highest BCUT2D eigenvalue weighted by atomic mass is 35.5. The number of piperazine rings is 1. The highest BCUT2D eigenvalue weighted by molar-refractivity contribution is 5.85. The van der Waals surface area contributed by atoms with Crippen molar-refractivity contribution in [3.05, 3.63) is 0 Å². The third-order valence-corrected chi connectivity index (χ3v) is 4.78. The molecule has 1 saturated heterocycles. The Bertz CT molecular complexity index is 373. The van der Waals surface area contributed by atoms with Crippen molar-refractivity contribution in [2.24, 2.45) is 17.1 Å². The summed E-state index contributed by atoms with van der Waals surface area (Å²) < 4.78 is 0. The lowest BCUT2D eigenvalue weighted by Gasteiger charge is -2.39. The third kappa shape index (κ3) is 3.69. The summed E-state index contributed by atoms with van der Waals surface area (Å²) in [5.74, 6) is 0.433. The van der Waals surface area contributed by atoms with E-state index in [9.17, 15) is 9.59 Å². The van der Waals surface area contributed by atoms with Crippen LogP contribution in [0, 0.1) is 11.3 Å². The first kappa shape index (κ1) is 18.2. The molecule has 5 nitrogen and oxygen atoms in total. The van der Waals surface area contributed by atoms with E-state index in [4.69, 9.17) is 5.73 Å². The lowest BCUT2D eigenvalue weighted by molar-refractivity contribution is -0.147. The molecule has 0 atom stereocenters. The van der Waals surface area contributed by atoms with Crippen LogP contribution in [0.25, 0.3) is 0 Å². The number of hydrogen-bond donors (Lipinski definition) is 1. The summed E-state index contributed by atoms with van der Waals surface area (Å²) in [7, 11) is 0. The molecule has 0 aromatic heterocycles. The topological polar surface area (TPSA) is 66.6 Å². The zero-order valence-corrected chi connectivity index (χ0v) is 14.0. The highest BCUT2D eigenvalue weighted by Crippen LogP contribution is 2.39. The van der Waals surface area contributed by atoms with E-state index in [0.29, 0.717) is 32.7 Å². The fraction of sp³-hybridized carbons (Fsp3) is 0.867. The molecule has 1 heterocycles. The van der Waals surface area contributed by atoms with Crippen molar-refractivity contribution in [3.8, 4) is 0 Å². The number of carbonyl (C=O) groups excluding carboxylic acids is 2. The maximum atomic E-state index is 12.7. The van der Waals surface area contributed by atoms with E-state index >= 15 is 0 Å². The maximum absolute atomic E-state index is 12.7. The lowest BCUT2D eigenvalue weighted by Crippen LogP contribution is -2.55. The van der Waals surface area contributed by atoms with E-state index in [2.05, 4.69) is 0 Å². The number of amides is 2. The zero-order chi connectivity index (χ0) is 14.8. The molecule has 2 amide bonds. The second-order valence-corrected chi connectivity index (χ2v) is 6.46. The molecule has 0 unspecified atom stereocenters. The Hall–Kier alpha value is -0.810. The minimum Gasteiger partial charge on any atom is -0.339 e. The molecule has 0 aromatic carbocycles. The Kier molecular flexibility index (Phi) is 6.47. The number of hydrogen-bond acceptors (Lipinski definition) is 3. The van der Waals surface area contributed by atoms with E-state index < -0.39 is 0 Å². The molecule has 21 heavy (non-hydrogen) atoms. The summed E-state index contributed by atoms with van der Waals surface area (Å²) in [5.41, 5.74) is 5.56. The van der Waals surface area contributed by atoms with Crippen LogP contribution in [0.2, 0.25) is 0 Å². The number of carbonyl (C=O) groups is 2. The summed E-state index contributed by atoms with van der Waals surface area (Å²) in [5, 5.41) is 0. The van der Waals surface area contributed by atoms with Gasteiger partial charge in [-0.3, -0.25) is 9.59 Å². The van der Waals surface area contributed by atoms with Crippen molar-refractivity contribution in [1.82, 2.24) is 9.80 Å². The molecule has 0 spiro atoms. The number of halogens is 1. The fourth-order valence-corrected chi connectivity index (χ4v) is 3.39. The van der Waals surface area contributed by atoms with Crippen molar-refractivity contribution in [2.45, 2.75) is 39.5 Å². The van der Waals surface area contributed by atoms with Crippen LogP contribution in [-0.2, 0) is 9.59 Å². The Morgan fingerprint density at radius 1 is 1.05 bits per heavy atom. The molecular weight excluding hydrogens is 290 g/mol. The Morgan fingerprint density at radius 2 is 1.52 bits per heavy atom. The second kappa shape index (κ2) is 7.45. The zero-order valence-electron chi connectivity index (χ0n) is 13.1. The van der Waals surface area contributed by atoms with E-state index in [1.807, 2.05) is 23.6 Å². The molecule has 0 aromatic rings. The lowest BCUT2D eigenvalue weighted by atomic mass is 9.84. The van der Waals surface area contributed by atoms with E-state index in [1.165, 1.54) is 0 Å². The molecule has 1 saturated carbocycles. The molecule has 0 bridgehead atoms. The first-order chi connectivity index (χ1) is 9.50. The predicted octanol–water partition coefficient (Wildman–Crippen LogP) is 1.25. The van der Waals surface area contributed by atoms with E-state index in [1.54, 1.807) is 0 Å². The number of nitrogens with zero attached hydrogens (tertiary/aromatic N) is 2. The van der Waals surface area contributed by atoms with Crippen molar-refractivity contribution in [2.75, 3.05) is 32.7 Å². The van der Waals surface area contributed by atoms with Gasteiger partial charge in [-0.2, -0.15) is 0 Å². The fourth-order valence-electron chi connectivity index (χ4n) is 3.39. The minimum atomic E-state index is -0.315. The van der Waals surface area contributed by atoms with Gasteiger partial charge < -0.3 is 15.5 Å². The number of rotatable bonds is 3. The molecule has 122 valence electrons. The first-order valence-corrected chi connectivity index (χ1v) is 7.78. The summed E-state index contributed by atoms with van der Waals surface area (Å²) in [6, 6.07) is 0. The smallest absolute Gasteiger partial charge is 0.230 e. The van der Waals surface area contributed by atoms with Gasteiger partial charge in [0.25, 0.3) is 0 Å². The average Bonchev–Trinajstić information content (AvgIpc) is 2.96. The molecule has 1 aliphatic carbocycles. The largest absolute Gasteiger partial charge is 0.339 e. The first-order valence-electron chi connectivity index (χ1n) is 7.78. The van der Waals surface area contributed by atoms with Gasteiger partial charge in [0.05, 0.1) is 5.41 Å². The van der Waals surface area contributed by atoms with Gasteiger partial charge in [0.2, 0.25) is 11.8 Å². The Labute approximate surface area is 133 Å². The summed E-state index contributed by atoms with van der Waals surface area (Å²) in [6.07, 6.45) is 4.06. The maximum Gasteiger partial charge on any atom is 0.230 e. The van der Waals surface area contributed by atoms with Crippen LogP contribution >= 0.6 is 12.4 Å². The average molecular weight is 318 g/mol. The summed E-state index contributed by atoms with van der Waals surface area (Å²) in [6.45, 7) is 6.91. The molecule has 6 heteroatoms. The van der Waals surface area contributed by atoms with Crippen LogP contribution in [-0.4, -0.2) is 54.3 Å². The van der Waals surface area contributed by atoms with Crippen LogP contribution in [0.15, 0.2) is 0 Å². The summed E-state index contributed by atoms with van der Waals surface area (Å²) in [4.78, 5) is 28.5. The third-order valence-electron chi connectivity index (χ3n) is 4.78. The second-order valence-electron chi connectivity index (χ2n) is 6.46. The van der Waals surface area contributed by atoms with Crippen LogP contribution in [0.3, 0.4) is 0 Å². The van der Waals surface area contributed by atoms with Crippen molar-refractivity contribution in [1.29, 1.82) is 0 Å². The Morgan fingerprint density at radius 3 is 1.95 bits per heavy atom. The normalized spacial score (nSPS) is 21.3. The molecular formula is C15H28ClN3O2. The predicted molar refractivity (Wildman–Crippen MR) is 85.2 cm³/mol. The van der Waals surface area contributed by atoms with E-state index in [-0.39, 0.29) is 35.6 Å². The SMILES string of the molecule is CC(C)C(=O)N1CCN(C(=O)C2(CN)CCCC2)CC1.Cl. The molecule has 2 N–H and O–H groups in total.